The first kappa shape index (κ1) is 18.0. The highest BCUT2D eigenvalue weighted by Gasteiger charge is 2.25. The Bertz CT molecular complexity index is 930. The smallest absolute Gasteiger partial charge is 0.151 e. The highest BCUT2D eigenvalue weighted by molar-refractivity contribution is 5.76. The van der Waals surface area contributed by atoms with E-state index in [2.05, 4.69) is 21.4 Å². The lowest BCUT2D eigenvalue weighted by atomic mass is 10.1. The molecule has 1 aliphatic rings. The molecule has 3 aromatic rings. The summed E-state index contributed by atoms with van der Waals surface area (Å²) in [5.74, 6) is 0.949. The van der Waals surface area contributed by atoms with Gasteiger partial charge in [0, 0.05) is 24.7 Å². The molecule has 1 heterocycles. The van der Waals surface area contributed by atoms with E-state index in [1.807, 2.05) is 24.3 Å². The van der Waals surface area contributed by atoms with Crippen LogP contribution in [-0.2, 0) is 19.6 Å². The van der Waals surface area contributed by atoms with Gasteiger partial charge in [0.2, 0.25) is 0 Å². The van der Waals surface area contributed by atoms with Gasteiger partial charge in [-0.05, 0) is 38.0 Å². The minimum Gasteiger partial charge on any atom is -0.508 e. The van der Waals surface area contributed by atoms with Gasteiger partial charge in [-0.3, -0.25) is 4.90 Å². The first-order valence-corrected chi connectivity index (χ1v) is 9.82. The number of phenolic OH excluding ortho intramolecular Hbond substituents is 1. The summed E-state index contributed by atoms with van der Waals surface area (Å²) >= 11 is 0. The van der Waals surface area contributed by atoms with Gasteiger partial charge in [0.15, 0.2) is 5.82 Å². The molecule has 27 heavy (non-hydrogen) atoms. The van der Waals surface area contributed by atoms with E-state index in [1.165, 1.54) is 18.9 Å². The molecule has 1 fully saturated rings. The van der Waals surface area contributed by atoms with Crippen LogP contribution in [0.25, 0.3) is 11.0 Å². The van der Waals surface area contributed by atoms with E-state index in [4.69, 9.17) is 0 Å². The van der Waals surface area contributed by atoms with Crippen molar-refractivity contribution in [2.75, 3.05) is 0 Å². The number of fused-ring (bicyclic) bond motifs is 1. The number of aromatic nitrogens is 2. The number of rotatable bonds is 6. The van der Waals surface area contributed by atoms with Gasteiger partial charge in [-0.2, -0.15) is 0 Å². The van der Waals surface area contributed by atoms with Crippen molar-refractivity contribution >= 4 is 11.0 Å². The number of para-hydroxylation sites is 2. The monoisotopic (exact) mass is 367 g/mol. The van der Waals surface area contributed by atoms with Crippen molar-refractivity contribution in [3.8, 4) is 5.75 Å². The first-order valence-electron chi connectivity index (χ1n) is 9.82. The van der Waals surface area contributed by atoms with E-state index in [0.29, 0.717) is 30.4 Å². The molecule has 4 rings (SSSR count). The third kappa shape index (κ3) is 3.56. The van der Waals surface area contributed by atoms with Crippen LogP contribution in [0.4, 0.5) is 4.39 Å². The Morgan fingerprint density at radius 1 is 1.11 bits per heavy atom. The van der Waals surface area contributed by atoms with Crippen molar-refractivity contribution in [1.82, 2.24) is 14.5 Å². The number of nitrogens with zero attached hydrogens (tertiary/aromatic N) is 3. The number of hydrogen-bond acceptors (Lipinski definition) is 3. The van der Waals surface area contributed by atoms with Crippen LogP contribution >= 0.6 is 0 Å². The topological polar surface area (TPSA) is 41.3 Å². The summed E-state index contributed by atoms with van der Waals surface area (Å²) in [6.45, 7) is 4.15. The second-order valence-electron chi connectivity index (χ2n) is 7.35. The minimum absolute atomic E-state index is 0.269. The maximum atomic E-state index is 14.2. The molecule has 1 aromatic heterocycles. The molecule has 1 N–H and O–H groups in total. The fourth-order valence-corrected chi connectivity index (χ4v) is 4.26. The van der Waals surface area contributed by atoms with Crippen molar-refractivity contribution in [2.24, 2.45) is 0 Å². The van der Waals surface area contributed by atoms with Crippen molar-refractivity contribution in [1.29, 1.82) is 0 Å². The lowest BCUT2D eigenvalue weighted by Gasteiger charge is -2.29. The van der Waals surface area contributed by atoms with E-state index in [1.54, 1.807) is 12.1 Å². The molecule has 0 bridgehead atoms. The Morgan fingerprint density at radius 2 is 1.89 bits per heavy atom. The Hall–Kier alpha value is -2.40. The zero-order chi connectivity index (χ0) is 18.8. The molecule has 142 valence electrons. The number of benzene rings is 2. The van der Waals surface area contributed by atoms with Crippen molar-refractivity contribution in [3.05, 3.63) is 59.7 Å². The lowest BCUT2D eigenvalue weighted by Crippen LogP contribution is -2.33. The second kappa shape index (κ2) is 7.69. The molecule has 2 aromatic carbocycles. The largest absolute Gasteiger partial charge is 0.508 e. The van der Waals surface area contributed by atoms with E-state index < -0.39 is 0 Å². The van der Waals surface area contributed by atoms with Gasteiger partial charge in [-0.1, -0.05) is 37.1 Å². The van der Waals surface area contributed by atoms with Gasteiger partial charge in [-0.25, -0.2) is 9.37 Å². The van der Waals surface area contributed by atoms with Crippen LogP contribution in [0.15, 0.2) is 42.5 Å². The Morgan fingerprint density at radius 3 is 2.63 bits per heavy atom. The van der Waals surface area contributed by atoms with Gasteiger partial charge in [0.05, 0.1) is 12.1 Å². The molecule has 0 unspecified atom stereocenters. The first-order chi connectivity index (χ1) is 13.2. The number of aryl methyl sites for hydroxylation is 1. The molecule has 5 heteroatoms. The number of phenols is 1. The number of aromatic hydroxyl groups is 1. The molecule has 1 aliphatic carbocycles. The van der Waals surface area contributed by atoms with Gasteiger partial charge >= 0.3 is 0 Å². The Balaban J connectivity index is 1.68. The fraction of sp³-hybridized carbons (Fsp3) is 0.409. The standard InChI is InChI=1S/C22H26FN3O/c1-2-26-19-12-7-11-18(23)22(19)24-21(26)15-25(17-9-4-5-10-17)14-16-8-3-6-13-20(16)27/h3,6-8,11-13,17,27H,2,4-5,9-10,14-15H2,1H3. The number of halogens is 1. The Labute approximate surface area is 159 Å². The third-order valence-corrected chi connectivity index (χ3v) is 5.68. The van der Waals surface area contributed by atoms with Gasteiger partial charge in [-0.15, -0.1) is 0 Å². The zero-order valence-electron chi connectivity index (χ0n) is 15.7. The molecule has 0 radical (unpaired) electrons. The zero-order valence-corrected chi connectivity index (χ0v) is 15.7. The number of hydrogen-bond donors (Lipinski definition) is 1. The molecule has 0 saturated heterocycles. The van der Waals surface area contributed by atoms with E-state index >= 15 is 0 Å². The average molecular weight is 367 g/mol. The molecule has 1 saturated carbocycles. The van der Waals surface area contributed by atoms with Crippen molar-refractivity contribution in [3.63, 3.8) is 0 Å². The molecular weight excluding hydrogens is 341 g/mol. The number of imidazole rings is 1. The van der Waals surface area contributed by atoms with Crippen LogP contribution in [0, 0.1) is 5.82 Å². The van der Waals surface area contributed by atoms with Crippen molar-refractivity contribution < 1.29 is 9.50 Å². The van der Waals surface area contributed by atoms with E-state index in [9.17, 15) is 9.50 Å². The highest BCUT2D eigenvalue weighted by Crippen LogP contribution is 2.29. The average Bonchev–Trinajstić information content (AvgIpc) is 3.31. The van der Waals surface area contributed by atoms with Crippen LogP contribution in [0.5, 0.6) is 5.75 Å². The van der Waals surface area contributed by atoms with Crippen LogP contribution in [0.2, 0.25) is 0 Å². The SMILES string of the molecule is CCn1c(CN(Cc2ccccc2O)C2CCCC2)nc2c(F)cccc21. The summed E-state index contributed by atoms with van der Waals surface area (Å²) in [5, 5.41) is 10.2. The molecule has 4 nitrogen and oxygen atoms in total. The summed E-state index contributed by atoms with van der Waals surface area (Å²) in [4.78, 5) is 7.04. The lowest BCUT2D eigenvalue weighted by molar-refractivity contribution is 0.172. The molecule has 0 spiro atoms. The maximum absolute atomic E-state index is 14.2. The second-order valence-corrected chi connectivity index (χ2v) is 7.35. The highest BCUT2D eigenvalue weighted by atomic mass is 19.1. The molecule has 0 amide bonds. The van der Waals surface area contributed by atoms with E-state index in [0.717, 1.165) is 36.3 Å². The van der Waals surface area contributed by atoms with Crippen LogP contribution in [0.3, 0.4) is 0 Å². The van der Waals surface area contributed by atoms with Crippen LogP contribution in [-0.4, -0.2) is 25.6 Å². The summed E-state index contributed by atoms with van der Waals surface area (Å²) in [5.41, 5.74) is 2.22. The molecule has 0 atom stereocenters. The summed E-state index contributed by atoms with van der Waals surface area (Å²) in [7, 11) is 0. The Kier molecular flexibility index (Phi) is 5.12. The molecular formula is C22H26FN3O. The van der Waals surface area contributed by atoms with Gasteiger partial charge in [0.1, 0.15) is 17.1 Å². The van der Waals surface area contributed by atoms with E-state index in [-0.39, 0.29) is 5.82 Å². The summed E-state index contributed by atoms with van der Waals surface area (Å²) in [6.07, 6.45) is 4.80. The third-order valence-electron chi connectivity index (χ3n) is 5.68. The predicted molar refractivity (Wildman–Crippen MR) is 105 cm³/mol. The maximum Gasteiger partial charge on any atom is 0.151 e. The van der Waals surface area contributed by atoms with Crippen LogP contribution < -0.4 is 0 Å². The molecule has 0 aliphatic heterocycles. The van der Waals surface area contributed by atoms with Crippen LogP contribution in [0.1, 0.15) is 44.0 Å². The van der Waals surface area contributed by atoms with Gasteiger partial charge < -0.3 is 9.67 Å². The quantitative estimate of drug-likeness (QED) is 0.677. The summed E-state index contributed by atoms with van der Waals surface area (Å²) < 4.78 is 16.3. The summed E-state index contributed by atoms with van der Waals surface area (Å²) in [6, 6.07) is 13.1. The minimum atomic E-state index is -0.269. The van der Waals surface area contributed by atoms with Gasteiger partial charge in [0.25, 0.3) is 0 Å². The predicted octanol–water partition coefficient (Wildman–Crippen LogP) is 4.85. The van der Waals surface area contributed by atoms with Crippen molar-refractivity contribution in [2.45, 2.75) is 58.3 Å². The fourth-order valence-electron chi connectivity index (χ4n) is 4.26. The normalized spacial score (nSPS) is 15.2.